The van der Waals surface area contributed by atoms with Crippen LogP contribution in [0.2, 0.25) is 0 Å². The van der Waals surface area contributed by atoms with Gasteiger partial charge in [0.2, 0.25) is 0 Å². The van der Waals surface area contributed by atoms with Gasteiger partial charge in [-0.15, -0.1) is 11.8 Å². The van der Waals surface area contributed by atoms with Crippen molar-refractivity contribution in [2.24, 2.45) is 0 Å². The normalized spacial score (nSPS) is 21.6. The molecule has 0 fully saturated rings. The van der Waals surface area contributed by atoms with Crippen LogP contribution in [0.15, 0.2) is 65.6 Å². The van der Waals surface area contributed by atoms with Crippen LogP contribution in [0, 0.1) is 0 Å². The molecule has 2 atom stereocenters. The smallest absolute Gasteiger partial charge is 0.161 e. The van der Waals surface area contributed by atoms with Gasteiger partial charge in [0.05, 0.1) is 0 Å². The zero-order valence-corrected chi connectivity index (χ0v) is 17.3. The summed E-state index contributed by atoms with van der Waals surface area (Å²) in [4.78, 5) is 1.21. The van der Waals surface area contributed by atoms with Gasteiger partial charge in [-0.05, 0) is 59.9 Å². The molecule has 3 aliphatic heterocycles. The van der Waals surface area contributed by atoms with E-state index in [1.54, 1.807) is 0 Å². The van der Waals surface area contributed by atoms with E-state index in [1.807, 2.05) is 30.0 Å². The lowest BCUT2D eigenvalue weighted by molar-refractivity contribution is 0.163. The molecule has 0 N–H and O–H groups in total. The molecule has 4 nitrogen and oxygen atoms in total. The highest BCUT2D eigenvalue weighted by Gasteiger charge is 2.26. The van der Waals surface area contributed by atoms with Crippen LogP contribution in [0.4, 0.5) is 0 Å². The molecule has 6 rings (SSSR count). The van der Waals surface area contributed by atoms with Crippen LogP contribution in [0.5, 0.6) is 23.0 Å². The van der Waals surface area contributed by atoms with Gasteiger partial charge in [-0.3, -0.25) is 0 Å². The molecule has 0 spiro atoms. The molecule has 0 saturated carbocycles. The lowest BCUT2D eigenvalue weighted by Crippen LogP contribution is -2.19. The minimum absolute atomic E-state index is 0.0194. The monoisotopic (exact) mass is 418 g/mol. The lowest BCUT2D eigenvalue weighted by atomic mass is 9.95. The number of benzene rings is 3. The topological polar surface area (TPSA) is 36.9 Å². The molecule has 30 heavy (non-hydrogen) atoms. The third kappa shape index (κ3) is 3.27. The van der Waals surface area contributed by atoms with Crippen molar-refractivity contribution < 1.29 is 18.9 Å². The third-order valence-electron chi connectivity index (χ3n) is 5.85. The van der Waals surface area contributed by atoms with Gasteiger partial charge in [0.15, 0.2) is 11.5 Å². The van der Waals surface area contributed by atoms with E-state index in [9.17, 15) is 0 Å². The fourth-order valence-corrected chi connectivity index (χ4v) is 5.29. The molecular weight excluding hydrogens is 396 g/mol. The molecule has 0 aromatic heterocycles. The number of para-hydroxylation sites is 1. The second kappa shape index (κ2) is 7.47. The minimum atomic E-state index is 0.0194. The molecule has 0 amide bonds. The maximum Gasteiger partial charge on any atom is 0.161 e. The highest BCUT2D eigenvalue weighted by atomic mass is 32.2. The van der Waals surface area contributed by atoms with Crippen LogP contribution in [0.1, 0.15) is 35.3 Å². The lowest BCUT2D eigenvalue weighted by Gasteiger charge is -2.30. The van der Waals surface area contributed by atoms with Crippen molar-refractivity contribution in [1.29, 1.82) is 0 Å². The Morgan fingerprint density at radius 3 is 2.43 bits per heavy atom. The summed E-state index contributed by atoms with van der Waals surface area (Å²) in [6, 6.07) is 20.9. The molecule has 3 aromatic rings. The summed E-state index contributed by atoms with van der Waals surface area (Å²) in [5.41, 5.74) is 3.56. The second-order valence-electron chi connectivity index (χ2n) is 7.78. The van der Waals surface area contributed by atoms with E-state index in [2.05, 4.69) is 42.5 Å². The van der Waals surface area contributed by atoms with Gasteiger partial charge in [-0.25, -0.2) is 0 Å². The van der Waals surface area contributed by atoms with E-state index >= 15 is 0 Å². The molecule has 0 radical (unpaired) electrons. The summed E-state index contributed by atoms with van der Waals surface area (Å²) in [5.74, 6) is 4.46. The highest BCUT2D eigenvalue weighted by Crippen LogP contribution is 2.43. The Morgan fingerprint density at radius 2 is 1.47 bits per heavy atom. The average Bonchev–Trinajstić information content (AvgIpc) is 2.82. The van der Waals surface area contributed by atoms with Crippen LogP contribution in [0.3, 0.4) is 0 Å². The molecule has 0 aliphatic carbocycles. The van der Waals surface area contributed by atoms with Gasteiger partial charge in [0.1, 0.15) is 36.9 Å². The van der Waals surface area contributed by atoms with E-state index in [0.29, 0.717) is 13.2 Å². The molecule has 3 heterocycles. The quantitative estimate of drug-likeness (QED) is 0.530. The van der Waals surface area contributed by atoms with Crippen LogP contribution in [-0.2, 0) is 6.42 Å². The second-order valence-corrected chi connectivity index (χ2v) is 8.84. The first-order chi connectivity index (χ1) is 14.8. The fraction of sp³-hybridized carbons (Fsp3) is 0.280. The Morgan fingerprint density at radius 1 is 0.700 bits per heavy atom. The predicted octanol–water partition coefficient (Wildman–Crippen LogP) is 5.75. The number of fused-ring (bicyclic) bond motifs is 3. The Labute approximate surface area is 180 Å². The van der Waals surface area contributed by atoms with Gasteiger partial charge in [-0.1, -0.05) is 30.3 Å². The molecular formula is C25H22O4S. The first-order valence-corrected chi connectivity index (χ1v) is 11.4. The molecule has 2 unspecified atom stereocenters. The predicted molar refractivity (Wildman–Crippen MR) is 116 cm³/mol. The van der Waals surface area contributed by atoms with Crippen LogP contribution in [0.25, 0.3) is 0 Å². The Balaban J connectivity index is 1.24. The summed E-state index contributed by atoms with van der Waals surface area (Å²) < 4.78 is 24.1. The number of thioether (sulfide) groups is 1. The largest absolute Gasteiger partial charge is 0.486 e. The average molecular weight is 419 g/mol. The van der Waals surface area contributed by atoms with E-state index in [1.165, 1.54) is 16.0 Å². The number of rotatable bonds is 2. The van der Waals surface area contributed by atoms with Gasteiger partial charge >= 0.3 is 0 Å². The number of hydrogen-bond donors (Lipinski definition) is 0. The minimum Gasteiger partial charge on any atom is -0.486 e. The fourth-order valence-electron chi connectivity index (χ4n) is 4.27. The SMILES string of the molecule is c1ccc2c(c1)OC(c1ccc3c(c1)OC(c1ccc4c(c1)OCCO4)CC3)CS2. The standard InChI is InChI=1S/C25H22O4S/c1-2-4-25-21(3-1)29-24(15-30-25)18-6-5-16-7-9-19(28-22(16)13-18)17-8-10-20-23(14-17)27-12-11-26-20/h1-6,8,10,13-14,19,24H,7,9,11-12,15H2. The van der Waals surface area contributed by atoms with Crippen molar-refractivity contribution in [3.8, 4) is 23.0 Å². The maximum atomic E-state index is 6.45. The Hall–Kier alpha value is -2.79. The molecule has 152 valence electrons. The zero-order valence-electron chi connectivity index (χ0n) is 16.5. The van der Waals surface area contributed by atoms with Crippen LogP contribution >= 0.6 is 11.8 Å². The highest BCUT2D eigenvalue weighted by molar-refractivity contribution is 7.99. The Kier molecular flexibility index (Phi) is 4.49. The van der Waals surface area contributed by atoms with Gasteiger partial charge in [-0.2, -0.15) is 0 Å². The molecule has 0 saturated heterocycles. The zero-order chi connectivity index (χ0) is 19.9. The summed E-state index contributed by atoms with van der Waals surface area (Å²) in [6.07, 6.45) is 2.01. The van der Waals surface area contributed by atoms with Gasteiger partial charge in [0, 0.05) is 10.6 Å². The third-order valence-corrected chi connectivity index (χ3v) is 6.97. The maximum absolute atomic E-state index is 6.45. The molecule has 0 bridgehead atoms. The van der Waals surface area contributed by atoms with Crippen molar-refractivity contribution in [1.82, 2.24) is 0 Å². The van der Waals surface area contributed by atoms with E-state index in [0.717, 1.165) is 47.2 Å². The van der Waals surface area contributed by atoms with Crippen molar-refractivity contribution >= 4 is 11.8 Å². The summed E-state index contributed by atoms with van der Waals surface area (Å²) >= 11 is 1.85. The van der Waals surface area contributed by atoms with E-state index in [-0.39, 0.29) is 12.2 Å². The molecule has 5 heteroatoms. The number of aryl methyl sites for hydroxylation is 1. The van der Waals surface area contributed by atoms with Crippen molar-refractivity contribution in [3.05, 3.63) is 77.4 Å². The van der Waals surface area contributed by atoms with Crippen molar-refractivity contribution in [2.75, 3.05) is 19.0 Å². The first-order valence-electron chi connectivity index (χ1n) is 10.4. The first kappa shape index (κ1) is 18.0. The van der Waals surface area contributed by atoms with Gasteiger partial charge in [0.25, 0.3) is 0 Å². The van der Waals surface area contributed by atoms with Gasteiger partial charge < -0.3 is 18.9 Å². The van der Waals surface area contributed by atoms with Crippen molar-refractivity contribution in [2.45, 2.75) is 29.9 Å². The number of ether oxygens (including phenoxy) is 4. The number of hydrogen-bond acceptors (Lipinski definition) is 5. The Bertz CT molecular complexity index is 1100. The summed E-state index contributed by atoms with van der Waals surface area (Å²) in [6.45, 7) is 1.20. The van der Waals surface area contributed by atoms with E-state index in [4.69, 9.17) is 18.9 Å². The summed E-state index contributed by atoms with van der Waals surface area (Å²) in [5, 5.41) is 0. The summed E-state index contributed by atoms with van der Waals surface area (Å²) in [7, 11) is 0. The van der Waals surface area contributed by atoms with E-state index < -0.39 is 0 Å². The van der Waals surface area contributed by atoms with Crippen LogP contribution < -0.4 is 18.9 Å². The van der Waals surface area contributed by atoms with Crippen molar-refractivity contribution in [3.63, 3.8) is 0 Å². The molecule has 3 aliphatic rings. The van der Waals surface area contributed by atoms with Crippen LogP contribution in [-0.4, -0.2) is 19.0 Å². The molecule has 3 aromatic carbocycles.